The molecule has 0 spiro atoms. The van der Waals surface area contributed by atoms with Gasteiger partial charge in [-0.15, -0.1) is 0 Å². The first kappa shape index (κ1) is 14.3. The molecule has 0 radical (unpaired) electrons. The molecule has 20 heavy (non-hydrogen) atoms. The van der Waals surface area contributed by atoms with Crippen molar-refractivity contribution < 1.29 is 9.13 Å². The van der Waals surface area contributed by atoms with Gasteiger partial charge >= 0.3 is 0 Å². The summed E-state index contributed by atoms with van der Waals surface area (Å²) < 4.78 is 4.41. The molecule has 0 saturated heterocycles. The predicted molar refractivity (Wildman–Crippen MR) is 81.6 cm³/mol. The van der Waals surface area contributed by atoms with Crippen molar-refractivity contribution >= 4 is 11.6 Å². The highest BCUT2D eigenvalue weighted by Gasteiger charge is 2.08. The van der Waals surface area contributed by atoms with Crippen LogP contribution in [0.2, 0.25) is 0 Å². The number of rotatable bonds is 7. The first-order chi connectivity index (χ1) is 9.85. The van der Waals surface area contributed by atoms with Gasteiger partial charge in [0.2, 0.25) is 0 Å². The summed E-state index contributed by atoms with van der Waals surface area (Å²) in [6, 6.07) is 12.5. The van der Waals surface area contributed by atoms with Gasteiger partial charge in [0.1, 0.15) is 13.1 Å². The minimum Gasteiger partial charge on any atom is -0.270 e. The molecule has 2 aromatic rings. The molecule has 0 fully saturated rings. The van der Waals surface area contributed by atoms with Gasteiger partial charge < -0.3 is 0 Å². The second kappa shape index (κ2) is 7.48. The van der Waals surface area contributed by atoms with Crippen molar-refractivity contribution in [3.05, 3.63) is 48.8 Å². The van der Waals surface area contributed by atoms with Crippen molar-refractivity contribution in [2.75, 3.05) is 23.7 Å². The monoisotopic (exact) mass is 272 g/mol. The summed E-state index contributed by atoms with van der Waals surface area (Å²) in [7, 11) is 0. The summed E-state index contributed by atoms with van der Waals surface area (Å²) in [5.41, 5.74) is 0. The van der Waals surface area contributed by atoms with Gasteiger partial charge in [-0.2, -0.15) is 0 Å². The van der Waals surface area contributed by atoms with Crippen LogP contribution in [0, 0.1) is 0 Å². The molecule has 106 valence electrons. The first-order valence-electron chi connectivity index (χ1n) is 7.29. The summed E-state index contributed by atoms with van der Waals surface area (Å²) in [5.74, 6) is 2.32. The van der Waals surface area contributed by atoms with Gasteiger partial charge in [0.25, 0.3) is 11.6 Å². The summed E-state index contributed by atoms with van der Waals surface area (Å²) >= 11 is 0. The molecule has 0 saturated carbocycles. The van der Waals surface area contributed by atoms with Crippen LogP contribution in [0.1, 0.15) is 13.8 Å². The molecule has 2 N–H and O–H groups in total. The normalized spacial score (nSPS) is 10.3. The molecule has 4 heteroatoms. The lowest BCUT2D eigenvalue weighted by molar-refractivity contribution is -0.680. The Morgan fingerprint density at radius 1 is 0.750 bits per heavy atom. The molecule has 0 unspecified atom stereocenters. The van der Waals surface area contributed by atoms with E-state index in [1.54, 1.807) is 0 Å². The van der Waals surface area contributed by atoms with E-state index < -0.39 is 0 Å². The Morgan fingerprint density at radius 3 is 1.60 bits per heavy atom. The number of nitrogens with one attached hydrogen (secondary N) is 2. The largest absolute Gasteiger partial charge is 0.274 e. The van der Waals surface area contributed by atoms with E-state index in [1.807, 2.05) is 0 Å². The highest BCUT2D eigenvalue weighted by Crippen LogP contribution is 1.99. The van der Waals surface area contributed by atoms with Crippen LogP contribution in [0.4, 0.5) is 11.6 Å². The van der Waals surface area contributed by atoms with Gasteiger partial charge in [-0.05, 0) is 26.0 Å². The minimum atomic E-state index is 0.891. The van der Waals surface area contributed by atoms with E-state index in [0.717, 1.165) is 37.8 Å². The van der Waals surface area contributed by atoms with Crippen LogP contribution in [-0.2, 0) is 13.1 Å². The molecule has 0 aliphatic rings. The van der Waals surface area contributed by atoms with E-state index in [-0.39, 0.29) is 0 Å². The number of pyridine rings is 2. The second-order valence-electron chi connectivity index (χ2n) is 4.60. The van der Waals surface area contributed by atoms with Crippen molar-refractivity contribution in [1.29, 1.82) is 0 Å². The average Bonchev–Trinajstić information content (AvgIpc) is 2.52. The van der Waals surface area contributed by atoms with Crippen LogP contribution in [0.5, 0.6) is 0 Å². The van der Waals surface area contributed by atoms with Gasteiger partial charge in [0, 0.05) is 12.1 Å². The maximum Gasteiger partial charge on any atom is 0.274 e. The number of aryl methyl sites for hydroxylation is 2. The van der Waals surface area contributed by atoms with Gasteiger partial charge in [-0.25, -0.2) is 9.13 Å². The fraction of sp³-hybridized carbons (Fsp3) is 0.375. The third-order valence-corrected chi connectivity index (χ3v) is 3.30. The molecule has 0 aliphatic heterocycles. The fourth-order valence-electron chi connectivity index (χ4n) is 2.21. The van der Waals surface area contributed by atoms with Crippen LogP contribution < -0.4 is 19.8 Å². The Bertz CT molecular complexity index is 490. The smallest absolute Gasteiger partial charge is 0.270 e. The zero-order chi connectivity index (χ0) is 14.2. The predicted octanol–water partition coefficient (Wildman–Crippen LogP) is 1.83. The summed E-state index contributed by atoms with van der Waals surface area (Å²) in [6.45, 7) is 8.04. The van der Waals surface area contributed by atoms with Crippen LogP contribution >= 0.6 is 0 Å². The number of aromatic nitrogens is 2. The Balaban J connectivity index is 1.84. The van der Waals surface area contributed by atoms with Gasteiger partial charge in [0.15, 0.2) is 0 Å². The molecule has 0 aliphatic carbocycles. The van der Waals surface area contributed by atoms with E-state index in [1.165, 1.54) is 0 Å². The maximum absolute atomic E-state index is 3.46. The standard InChI is InChI=1S/C16H22N4/c1-3-19-13-7-5-9-15(19)17-11-12-18-16-10-6-8-14-20(16)4-2/h5-10,13-14H,3-4,11-12H2,1-2H3/p+2. The average molecular weight is 272 g/mol. The lowest BCUT2D eigenvalue weighted by Crippen LogP contribution is -2.38. The maximum atomic E-state index is 3.46. The zero-order valence-electron chi connectivity index (χ0n) is 12.3. The zero-order valence-corrected chi connectivity index (χ0v) is 12.3. The van der Waals surface area contributed by atoms with Crippen molar-refractivity contribution in [1.82, 2.24) is 0 Å². The quantitative estimate of drug-likeness (QED) is 0.595. The molecule has 4 nitrogen and oxygen atoms in total. The molecule has 2 aromatic heterocycles. The van der Waals surface area contributed by atoms with Crippen LogP contribution in [-0.4, -0.2) is 13.1 Å². The van der Waals surface area contributed by atoms with Gasteiger partial charge in [-0.1, -0.05) is 12.1 Å². The molecule has 0 aromatic carbocycles. The molecular formula is C16H24N4+2. The number of anilines is 2. The first-order valence-corrected chi connectivity index (χ1v) is 7.29. The van der Waals surface area contributed by atoms with Crippen LogP contribution in [0.25, 0.3) is 0 Å². The van der Waals surface area contributed by atoms with E-state index in [0.29, 0.717) is 0 Å². The summed E-state index contributed by atoms with van der Waals surface area (Å²) in [5, 5.41) is 6.93. The number of hydrogen-bond acceptors (Lipinski definition) is 2. The highest BCUT2D eigenvalue weighted by molar-refractivity contribution is 5.30. The second-order valence-corrected chi connectivity index (χ2v) is 4.60. The van der Waals surface area contributed by atoms with E-state index in [4.69, 9.17) is 0 Å². The van der Waals surface area contributed by atoms with Gasteiger partial charge in [0.05, 0.1) is 25.5 Å². The SMILES string of the molecule is CC[n+]1ccccc1NCCNc1cccc[n+]1CC. The topological polar surface area (TPSA) is 31.8 Å². The summed E-state index contributed by atoms with van der Waals surface area (Å²) in [4.78, 5) is 0. The van der Waals surface area contributed by atoms with E-state index >= 15 is 0 Å². The molecular weight excluding hydrogens is 248 g/mol. The van der Waals surface area contributed by atoms with Gasteiger partial charge in [-0.3, -0.25) is 10.6 Å². The Hall–Kier alpha value is -2.10. The van der Waals surface area contributed by atoms with Crippen molar-refractivity contribution in [3.63, 3.8) is 0 Å². The van der Waals surface area contributed by atoms with Crippen molar-refractivity contribution in [3.8, 4) is 0 Å². The number of nitrogens with zero attached hydrogens (tertiary/aromatic N) is 2. The molecule has 2 heterocycles. The highest BCUT2D eigenvalue weighted by atomic mass is 15.1. The third kappa shape index (κ3) is 3.70. The summed E-state index contributed by atoms with van der Waals surface area (Å²) in [6.07, 6.45) is 4.19. The Kier molecular flexibility index (Phi) is 5.35. The third-order valence-electron chi connectivity index (χ3n) is 3.30. The van der Waals surface area contributed by atoms with E-state index in [2.05, 4.69) is 82.4 Å². The fourth-order valence-corrected chi connectivity index (χ4v) is 2.21. The lowest BCUT2D eigenvalue weighted by Gasteiger charge is -2.06. The number of hydrogen-bond donors (Lipinski definition) is 2. The molecule has 0 bridgehead atoms. The van der Waals surface area contributed by atoms with E-state index in [9.17, 15) is 0 Å². The minimum absolute atomic E-state index is 0.891. The Morgan fingerprint density at radius 2 is 1.20 bits per heavy atom. The van der Waals surface area contributed by atoms with Crippen molar-refractivity contribution in [2.45, 2.75) is 26.9 Å². The van der Waals surface area contributed by atoms with Crippen LogP contribution in [0.15, 0.2) is 48.8 Å². The van der Waals surface area contributed by atoms with Crippen molar-refractivity contribution in [2.24, 2.45) is 0 Å². The lowest BCUT2D eigenvalue weighted by atomic mass is 10.4. The van der Waals surface area contributed by atoms with Crippen LogP contribution in [0.3, 0.4) is 0 Å². The molecule has 2 rings (SSSR count). The molecule has 0 atom stereocenters. The molecule has 0 amide bonds. The Labute approximate surface area is 121 Å².